The number of aromatic nitrogens is 2. The Hall–Kier alpha value is -3.34. The molecule has 0 aliphatic carbocycles. The van der Waals surface area contributed by atoms with E-state index in [9.17, 15) is 28.0 Å². The Morgan fingerprint density at radius 2 is 1.74 bits per heavy atom. The van der Waals surface area contributed by atoms with Crippen molar-refractivity contribution in [2.24, 2.45) is 5.73 Å². The first kappa shape index (κ1) is 23.9. The predicted molar refractivity (Wildman–Crippen MR) is 111 cm³/mol. The molecule has 0 atom stereocenters. The number of nitrogen functional groups attached to an aromatic ring is 1. The first-order valence-corrected chi connectivity index (χ1v) is 9.60. The Morgan fingerprint density at radius 1 is 1.10 bits per heavy atom. The number of hydrogen-bond acceptors (Lipinski definition) is 6. The average Bonchev–Trinajstić information content (AvgIpc) is 2.67. The van der Waals surface area contributed by atoms with Crippen molar-refractivity contribution in [1.82, 2.24) is 14.0 Å². The van der Waals surface area contributed by atoms with Crippen molar-refractivity contribution in [1.29, 1.82) is 0 Å². The molecule has 168 valence electrons. The lowest BCUT2D eigenvalue weighted by molar-refractivity contribution is -0.119. The van der Waals surface area contributed by atoms with Gasteiger partial charge in [0, 0.05) is 12.6 Å². The van der Waals surface area contributed by atoms with Gasteiger partial charge in [0.2, 0.25) is 5.91 Å². The number of carbonyl (C=O) groups excluding carboxylic acids is 2. The largest absolute Gasteiger partial charge is 0.384 e. The molecule has 1 aromatic heterocycles. The molecule has 1 aromatic carbocycles. The van der Waals surface area contributed by atoms with Gasteiger partial charge in [-0.1, -0.05) is 6.07 Å². The molecule has 4 N–H and O–H groups in total. The average molecular weight is 437 g/mol. The molecular formula is C20H25F2N5O4. The van der Waals surface area contributed by atoms with Crippen LogP contribution in [0.4, 0.5) is 14.6 Å². The molecule has 2 aromatic rings. The standard InChI is InChI=1S/C20H25F2N5O4/c1-4-26-19(30)17(15(28)9-25(11(2)3)10-16(23)29)18(24)27(20(26)31)8-12-5-6-13(21)14(22)7-12/h5-7,11H,4,8-10,24H2,1-3H3,(H2,23,29). The molecule has 0 spiro atoms. The van der Waals surface area contributed by atoms with Gasteiger partial charge < -0.3 is 11.5 Å². The first-order chi connectivity index (χ1) is 14.5. The molecule has 9 nitrogen and oxygen atoms in total. The van der Waals surface area contributed by atoms with Crippen LogP contribution in [0.2, 0.25) is 0 Å². The predicted octanol–water partition coefficient (Wildman–Crippen LogP) is 0.317. The number of ketones is 1. The van der Waals surface area contributed by atoms with Crippen LogP contribution >= 0.6 is 0 Å². The van der Waals surface area contributed by atoms with E-state index in [2.05, 4.69) is 0 Å². The molecule has 0 unspecified atom stereocenters. The highest BCUT2D eigenvalue weighted by atomic mass is 19.2. The summed E-state index contributed by atoms with van der Waals surface area (Å²) in [6, 6.07) is 2.83. The summed E-state index contributed by atoms with van der Waals surface area (Å²) < 4.78 is 28.6. The third-order valence-corrected chi connectivity index (χ3v) is 4.82. The number of nitrogens with zero attached hydrogens (tertiary/aromatic N) is 3. The van der Waals surface area contributed by atoms with Crippen molar-refractivity contribution >= 4 is 17.5 Å². The molecule has 31 heavy (non-hydrogen) atoms. The zero-order chi connectivity index (χ0) is 23.5. The third kappa shape index (κ3) is 5.23. The smallest absolute Gasteiger partial charge is 0.332 e. The van der Waals surface area contributed by atoms with E-state index in [1.807, 2.05) is 0 Å². The minimum atomic E-state index is -1.11. The minimum absolute atomic E-state index is 0.0365. The van der Waals surface area contributed by atoms with Crippen molar-refractivity contribution in [2.75, 3.05) is 18.8 Å². The maximum atomic E-state index is 13.6. The van der Waals surface area contributed by atoms with E-state index in [1.165, 1.54) is 11.0 Å². The Kier molecular flexibility index (Phi) is 7.45. The number of carbonyl (C=O) groups is 2. The molecular weight excluding hydrogens is 412 g/mol. The molecule has 0 bridgehead atoms. The summed E-state index contributed by atoms with van der Waals surface area (Å²) in [4.78, 5) is 51.2. The van der Waals surface area contributed by atoms with Crippen LogP contribution in [0.3, 0.4) is 0 Å². The molecule has 1 heterocycles. The third-order valence-electron chi connectivity index (χ3n) is 4.82. The fraction of sp³-hybridized carbons (Fsp3) is 0.400. The number of hydrogen-bond donors (Lipinski definition) is 2. The van der Waals surface area contributed by atoms with E-state index in [1.54, 1.807) is 20.8 Å². The van der Waals surface area contributed by atoms with Gasteiger partial charge in [-0.25, -0.2) is 13.6 Å². The molecule has 0 saturated carbocycles. The summed E-state index contributed by atoms with van der Waals surface area (Å²) in [7, 11) is 0. The zero-order valence-corrected chi connectivity index (χ0v) is 17.5. The lowest BCUT2D eigenvalue weighted by Crippen LogP contribution is -2.47. The van der Waals surface area contributed by atoms with Crippen molar-refractivity contribution < 1.29 is 18.4 Å². The SMILES string of the molecule is CCn1c(=O)c(C(=O)CN(CC(N)=O)C(C)C)c(N)n(Cc2ccc(F)c(F)c2)c1=O. The molecule has 1 amide bonds. The molecule has 0 aliphatic heterocycles. The van der Waals surface area contributed by atoms with Gasteiger partial charge in [0.1, 0.15) is 11.4 Å². The van der Waals surface area contributed by atoms with Gasteiger partial charge in [-0.15, -0.1) is 0 Å². The van der Waals surface area contributed by atoms with Crippen LogP contribution in [0.5, 0.6) is 0 Å². The number of benzene rings is 1. The number of rotatable bonds is 9. The highest BCUT2D eigenvalue weighted by Gasteiger charge is 2.25. The number of amides is 1. The second-order valence-electron chi connectivity index (χ2n) is 7.32. The summed E-state index contributed by atoms with van der Waals surface area (Å²) in [5.41, 5.74) is 9.39. The number of primary amides is 1. The monoisotopic (exact) mass is 437 g/mol. The lowest BCUT2D eigenvalue weighted by atomic mass is 10.1. The second-order valence-corrected chi connectivity index (χ2v) is 7.32. The maximum absolute atomic E-state index is 13.6. The van der Waals surface area contributed by atoms with Gasteiger partial charge in [0.15, 0.2) is 17.4 Å². The molecule has 2 rings (SSSR count). The first-order valence-electron chi connectivity index (χ1n) is 9.60. The Bertz CT molecular complexity index is 1120. The summed E-state index contributed by atoms with van der Waals surface area (Å²) >= 11 is 0. The maximum Gasteiger partial charge on any atom is 0.332 e. The van der Waals surface area contributed by atoms with E-state index in [-0.39, 0.29) is 37.8 Å². The van der Waals surface area contributed by atoms with Crippen LogP contribution in [0.25, 0.3) is 0 Å². The highest BCUT2D eigenvalue weighted by molar-refractivity contribution is 6.01. The summed E-state index contributed by atoms with van der Waals surface area (Å²) in [6.07, 6.45) is 0. The van der Waals surface area contributed by atoms with E-state index < -0.39 is 46.0 Å². The van der Waals surface area contributed by atoms with Gasteiger partial charge in [0.25, 0.3) is 5.56 Å². The van der Waals surface area contributed by atoms with E-state index in [4.69, 9.17) is 11.5 Å². The van der Waals surface area contributed by atoms with Gasteiger partial charge in [-0.05, 0) is 38.5 Å². The van der Waals surface area contributed by atoms with Gasteiger partial charge >= 0.3 is 5.69 Å². The van der Waals surface area contributed by atoms with Gasteiger partial charge in [-0.2, -0.15) is 0 Å². The number of halogens is 2. The van der Waals surface area contributed by atoms with Crippen LogP contribution in [-0.2, 0) is 17.9 Å². The topological polar surface area (TPSA) is 133 Å². The van der Waals surface area contributed by atoms with Crippen molar-refractivity contribution in [3.05, 3.63) is 61.8 Å². The van der Waals surface area contributed by atoms with E-state index in [0.29, 0.717) is 0 Å². The summed E-state index contributed by atoms with van der Waals surface area (Å²) in [5, 5.41) is 0. The Labute approximate surface area is 176 Å². The van der Waals surface area contributed by atoms with E-state index >= 15 is 0 Å². The van der Waals surface area contributed by atoms with Crippen molar-refractivity contribution in [3.8, 4) is 0 Å². The fourth-order valence-electron chi connectivity index (χ4n) is 3.11. The number of Topliss-reactive ketones (excluding diaryl/α,β-unsaturated/α-hetero) is 1. The van der Waals surface area contributed by atoms with Gasteiger partial charge in [-0.3, -0.25) is 28.4 Å². The lowest BCUT2D eigenvalue weighted by Gasteiger charge is -2.24. The Morgan fingerprint density at radius 3 is 2.26 bits per heavy atom. The van der Waals surface area contributed by atoms with E-state index in [0.717, 1.165) is 21.3 Å². The van der Waals surface area contributed by atoms with Crippen LogP contribution < -0.4 is 22.7 Å². The van der Waals surface area contributed by atoms with Crippen LogP contribution in [0.15, 0.2) is 27.8 Å². The molecule has 0 fully saturated rings. The molecule has 0 aliphatic rings. The highest BCUT2D eigenvalue weighted by Crippen LogP contribution is 2.13. The summed E-state index contributed by atoms with van der Waals surface area (Å²) in [6.45, 7) is 4.18. The fourth-order valence-corrected chi connectivity index (χ4v) is 3.11. The number of anilines is 1. The van der Waals surface area contributed by atoms with Gasteiger partial charge in [0.05, 0.1) is 19.6 Å². The van der Waals surface area contributed by atoms with Crippen LogP contribution in [-0.4, -0.2) is 44.9 Å². The number of nitrogens with two attached hydrogens (primary N) is 2. The molecule has 0 saturated heterocycles. The second kappa shape index (κ2) is 9.65. The minimum Gasteiger partial charge on any atom is -0.384 e. The zero-order valence-electron chi connectivity index (χ0n) is 17.5. The van der Waals surface area contributed by atoms with Crippen molar-refractivity contribution in [3.63, 3.8) is 0 Å². The van der Waals surface area contributed by atoms with Crippen LogP contribution in [0.1, 0.15) is 36.7 Å². The molecule has 11 heteroatoms. The Balaban J connectivity index is 2.57. The summed E-state index contributed by atoms with van der Waals surface area (Å²) in [5.74, 6) is -3.90. The van der Waals surface area contributed by atoms with Crippen LogP contribution in [0, 0.1) is 11.6 Å². The molecule has 0 radical (unpaired) electrons. The van der Waals surface area contributed by atoms with Crippen molar-refractivity contribution in [2.45, 2.75) is 39.9 Å². The quantitative estimate of drug-likeness (QED) is 0.543. The normalized spacial score (nSPS) is 11.3.